The van der Waals surface area contributed by atoms with Gasteiger partial charge in [-0.3, -0.25) is 0 Å². The molecule has 4 heterocycles. The van der Waals surface area contributed by atoms with Gasteiger partial charge in [0, 0.05) is 17.7 Å². The Hall–Kier alpha value is -2.51. The molecule has 0 bridgehead atoms. The molecule has 120 valence electrons. The molecule has 1 aliphatic heterocycles. The van der Waals surface area contributed by atoms with Crippen molar-refractivity contribution in [1.29, 1.82) is 0 Å². The number of anilines is 1. The van der Waals surface area contributed by atoms with Crippen molar-refractivity contribution < 1.29 is 4.90 Å². The van der Waals surface area contributed by atoms with Crippen LogP contribution in [0.4, 0.5) is 5.69 Å². The van der Waals surface area contributed by atoms with E-state index >= 15 is 0 Å². The molecule has 24 heavy (non-hydrogen) atoms. The highest BCUT2D eigenvalue weighted by Gasteiger charge is 2.24. The molecule has 0 saturated carbocycles. The lowest BCUT2D eigenvalue weighted by atomic mass is 10.1. The van der Waals surface area contributed by atoms with Crippen molar-refractivity contribution in [2.45, 2.75) is 13.0 Å². The Morgan fingerprint density at radius 2 is 2.17 bits per heavy atom. The van der Waals surface area contributed by atoms with Crippen molar-refractivity contribution in [2.24, 2.45) is 0 Å². The van der Waals surface area contributed by atoms with E-state index in [1.807, 2.05) is 24.3 Å². The molecule has 5 rings (SSSR count). The van der Waals surface area contributed by atoms with E-state index < -0.39 is 0 Å². The van der Waals surface area contributed by atoms with E-state index in [0.717, 1.165) is 35.6 Å². The average Bonchev–Trinajstić information content (AvgIpc) is 3.14. The van der Waals surface area contributed by atoms with Gasteiger partial charge in [0.2, 0.25) is 0 Å². The number of likely N-dealkylation sites (N-methyl/N-ethyl adjacent to an activating group) is 1. The lowest BCUT2D eigenvalue weighted by Crippen LogP contribution is -3.08. The number of fused-ring (bicyclic) bond motifs is 5. The second-order valence-electron chi connectivity index (χ2n) is 6.35. The fourth-order valence-electron chi connectivity index (χ4n) is 3.42. The predicted molar refractivity (Wildman–Crippen MR) is 95.2 cm³/mol. The monoisotopic (exact) mass is 337 g/mol. The number of para-hydroxylation sites is 1. The minimum absolute atomic E-state index is 0.654. The summed E-state index contributed by atoms with van der Waals surface area (Å²) in [6.07, 6.45) is 2.82. The van der Waals surface area contributed by atoms with Crippen molar-refractivity contribution in [2.75, 3.05) is 19.3 Å². The van der Waals surface area contributed by atoms with E-state index in [2.05, 4.69) is 17.1 Å². The molecule has 0 amide bonds. The first kappa shape index (κ1) is 13.9. The minimum Gasteiger partial charge on any atom is -0.398 e. The van der Waals surface area contributed by atoms with Crippen molar-refractivity contribution in [3.05, 3.63) is 41.0 Å². The van der Waals surface area contributed by atoms with E-state index in [-0.39, 0.29) is 0 Å². The Balaban J connectivity index is 1.78. The zero-order chi connectivity index (χ0) is 16.3. The number of nitrogens with zero attached hydrogens (tertiary/aromatic N) is 4. The number of nitrogens with one attached hydrogen (secondary N) is 1. The Kier molecular flexibility index (Phi) is 2.89. The van der Waals surface area contributed by atoms with Gasteiger partial charge in [0.25, 0.3) is 0 Å². The topological polar surface area (TPSA) is 73.5 Å². The molecule has 1 unspecified atom stereocenters. The molecule has 1 aliphatic rings. The Morgan fingerprint density at radius 3 is 3.04 bits per heavy atom. The molecule has 0 spiro atoms. The number of hydrogen-bond acceptors (Lipinski definition) is 5. The number of quaternary nitrogens is 1. The molecule has 0 saturated heterocycles. The van der Waals surface area contributed by atoms with Gasteiger partial charge in [-0.15, -0.1) is 16.4 Å². The number of thiophene rings is 1. The average molecular weight is 337 g/mol. The van der Waals surface area contributed by atoms with Gasteiger partial charge in [-0.1, -0.05) is 12.1 Å². The highest BCUT2D eigenvalue weighted by atomic mass is 32.1. The van der Waals surface area contributed by atoms with Gasteiger partial charge in [0.05, 0.1) is 23.9 Å². The number of aromatic nitrogens is 4. The molecule has 6 nitrogen and oxygen atoms in total. The van der Waals surface area contributed by atoms with Gasteiger partial charge in [-0.25, -0.2) is 14.5 Å². The fraction of sp³-hybridized carbons (Fsp3) is 0.235. The maximum atomic E-state index is 6.09. The zero-order valence-electron chi connectivity index (χ0n) is 13.3. The highest BCUT2D eigenvalue weighted by molar-refractivity contribution is 7.19. The lowest BCUT2D eigenvalue weighted by molar-refractivity contribution is -0.895. The first-order valence-corrected chi connectivity index (χ1v) is 8.84. The minimum atomic E-state index is 0.654. The number of nitrogen functional groups attached to an aromatic ring is 1. The van der Waals surface area contributed by atoms with Crippen molar-refractivity contribution in [3.8, 4) is 11.4 Å². The lowest BCUT2D eigenvalue weighted by Gasteiger charge is -2.19. The zero-order valence-corrected chi connectivity index (χ0v) is 14.1. The van der Waals surface area contributed by atoms with Crippen LogP contribution in [-0.2, 0) is 13.0 Å². The Labute approximate surface area is 142 Å². The van der Waals surface area contributed by atoms with Crippen LogP contribution in [-0.4, -0.2) is 33.2 Å². The first-order valence-electron chi connectivity index (χ1n) is 8.02. The molecule has 0 fully saturated rings. The summed E-state index contributed by atoms with van der Waals surface area (Å²) in [5.74, 6) is 0.654. The van der Waals surface area contributed by atoms with Crippen LogP contribution in [0.2, 0.25) is 0 Å². The number of benzene rings is 1. The van der Waals surface area contributed by atoms with Crippen molar-refractivity contribution in [3.63, 3.8) is 0 Å². The summed E-state index contributed by atoms with van der Waals surface area (Å²) in [4.78, 5) is 13.4. The number of rotatable bonds is 1. The maximum absolute atomic E-state index is 6.09. The third kappa shape index (κ3) is 1.95. The largest absolute Gasteiger partial charge is 0.398 e. The second-order valence-corrected chi connectivity index (χ2v) is 7.44. The van der Waals surface area contributed by atoms with Crippen LogP contribution in [0.5, 0.6) is 0 Å². The molecule has 1 atom stereocenters. The molecule has 4 aromatic rings. The number of nitrogens with two attached hydrogens (primary N) is 1. The van der Waals surface area contributed by atoms with Crippen LogP contribution in [0, 0.1) is 0 Å². The van der Waals surface area contributed by atoms with Gasteiger partial charge in [-0.2, -0.15) is 0 Å². The third-order valence-corrected chi connectivity index (χ3v) is 5.82. The summed E-state index contributed by atoms with van der Waals surface area (Å²) in [5.41, 5.74) is 9.93. The molecular formula is C17H17N6S+. The molecule has 7 heteroatoms. The molecular weight excluding hydrogens is 320 g/mol. The third-order valence-electron chi connectivity index (χ3n) is 4.68. The maximum Gasteiger partial charge on any atom is 0.184 e. The van der Waals surface area contributed by atoms with Crippen LogP contribution in [0.3, 0.4) is 0 Å². The van der Waals surface area contributed by atoms with Gasteiger partial charge in [-0.05, 0) is 17.7 Å². The molecule has 0 aliphatic carbocycles. The van der Waals surface area contributed by atoms with Gasteiger partial charge in [0.15, 0.2) is 11.5 Å². The molecule has 1 aromatic carbocycles. The van der Waals surface area contributed by atoms with Crippen molar-refractivity contribution >= 4 is 32.9 Å². The van der Waals surface area contributed by atoms with Crippen LogP contribution in [0.25, 0.3) is 27.3 Å². The predicted octanol–water partition coefficient (Wildman–Crippen LogP) is 1.16. The smallest absolute Gasteiger partial charge is 0.184 e. The summed E-state index contributed by atoms with van der Waals surface area (Å²) < 4.78 is 1.78. The summed E-state index contributed by atoms with van der Waals surface area (Å²) in [5, 5.41) is 5.76. The van der Waals surface area contributed by atoms with E-state index in [1.165, 1.54) is 15.8 Å². The summed E-state index contributed by atoms with van der Waals surface area (Å²) >= 11 is 1.79. The normalized spacial score (nSPS) is 17.5. The Bertz CT molecular complexity index is 1080. The molecule has 3 aromatic heterocycles. The highest BCUT2D eigenvalue weighted by Crippen LogP contribution is 2.34. The molecule has 0 radical (unpaired) electrons. The summed E-state index contributed by atoms with van der Waals surface area (Å²) in [7, 11) is 2.24. The summed E-state index contributed by atoms with van der Waals surface area (Å²) in [6, 6.07) is 7.70. The van der Waals surface area contributed by atoms with Gasteiger partial charge < -0.3 is 10.6 Å². The quantitative estimate of drug-likeness (QED) is 0.511. The van der Waals surface area contributed by atoms with Gasteiger partial charge >= 0.3 is 0 Å². The standard InChI is InChI=1S/C17H16N6S/c1-22-7-6-11-13(8-22)24-17-14(11)16-20-15(21-23(16)9-19-17)10-4-2-3-5-12(10)18/h2-5,9H,6-8,18H2,1H3/p+1. The first-order chi connectivity index (χ1) is 11.7. The van der Waals surface area contributed by atoms with E-state index in [9.17, 15) is 0 Å². The van der Waals surface area contributed by atoms with E-state index in [1.54, 1.807) is 27.1 Å². The fourth-order valence-corrected chi connectivity index (χ4v) is 4.72. The van der Waals surface area contributed by atoms with Gasteiger partial charge in [0.1, 0.15) is 17.7 Å². The Morgan fingerprint density at radius 1 is 1.29 bits per heavy atom. The molecule has 3 N–H and O–H groups in total. The van der Waals surface area contributed by atoms with Crippen molar-refractivity contribution in [1.82, 2.24) is 19.6 Å². The summed E-state index contributed by atoms with van der Waals surface area (Å²) in [6.45, 7) is 2.21. The van der Waals surface area contributed by atoms with E-state index in [4.69, 9.17) is 10.7 Å². The second kappa shape index (κ2) is 4.99. The van der Waals surface area contributed by atoms with Crippen LogP contribution >= 0.6 is 11.3 Å². The van der Waals surface area contributed by atoms with E-state index in [0.29, 0.717) is 11.5 Å². The number of hydrogen-bond donors (Lipinski definition) is 2. The van der Waals surface area contributed by atoms with Crippen LogP contribution in [0.1, 0.15) is 10.4 Å². The van der Waals surface area contributed by atoms with Crippen LogP contribution in [0.15, 0.2) is 30.6 Å². The van der Waals surface area contributed by atoms with Crippen LogP contribution < -0.4 is 10.6 Å². The SMILES string of the molecule is C[NH+]1CCc2c(sc3ncn4nc(-c5ccccc5N)nc4c23)C1.